The maximum absolute atomic E-state index is 11.4. The van der Waals surface area contributed by atoms with Gasteiger partial charge in [-0.2, -0.15) is 0 Å². The van der Waals surface area contributed by atoms with Crippen molar-refractivity contribution >= 4 is 17.3 Å². The van der Waals surface area contributed by atoms with Crippen molar-refractivity contribution in [1.29, 1.82) is 0 Å². The van der Waals surface area contributed by atoms with Crippen LogP contribution in [0.15, 0.2) is 18.2 Å². The maximum atomic E-state index is 11.4. The number of ether oxygens (including phenoxy) is 1. The van der Waals surface area contributed by atoms with Crippen LogP contribution >= 0.6 is 0 Å². The Hall–Kier alpha value is -1.71. The summed E-state index contributed by atoms with van der Waals surface area (Å²) < 4.78 is 5.38. The number of carbonyl (C=O) groups excluding carboxylic acids is 1. The van der Waals surface area contributed by atoms with E-state index in [1.54, 1.807) is 0 Å². The monoisotopic (exact) mass is 274 g/mol. The molecule has 4 heteroatoms. The average molecular weight is 274 g/mol. The Balaban J connectivity index is 1.67. The van der Waals surface area contributed by atoms with Crippen LogP contribution in [-0.2, 0) is 4.79 Å². The molecule has 1 saturated carbocycles. The highest BCUT2D eigenvalue weighted by Gasteiger charge is 2.17. The molecule has 0 radical (unpaired) electrons. The van der Waals surface area contributed by atoms with Crippen LogP contribution in [0, 0.1) is 0 Å². The zero-order valence-electron chi connectivity index (χ0n) is 11.8. The second-order valence-electron chi connectivity index (χ2n) is 5.73. The fourth-order valence-corrected chi connectivity index (χ4v) is 3.01. The Morgan fingerprint density at radius 2 is 1.85 bits per heavy atom. The molecule has 1 heterocycles. The molecule has 2 aliphatic rings. The summed E-state index contributed by atoms with van der Waals surface area (Å²) >= 11 is 0. The van der Waals surface area contributed by atoms with Gasteiger partial charge in [-0.3, -0.25) is 4.79 Å². The molecule has 1 fully saturated rings. The van der Waals surface area contributed by atoms with Gasteiger partial charge in [-0.15, -0.1) is 0 Å². The summed E-state index contributed by atoms with van der Waals surface area (Å²) in [7, 11) is 0. The molecule has 1 aromatic rings. The third-order valence-corrected chi connectivity index (χ3v) is 4.09. The van der Waals surface area contributed by atoms with E-state index in [0.29, 0.717) is 6.04 Å². The summed E-state index contributed by atoms with van der Waals surface area (Å²) in [4.78, 5) is 11.4. The van der Waals surface area contributed by atoms with E-state index in [9.17, 15) is 4.79 Å². The van der Waals surface area contributed by atoms with Crippen molar-refractivity contribution in [1.82, 2.24) is 0 Å². The van der Waals surface area contributed by atoms with Gasteiger partial charge in [0.2, 0.25) is 0 Å². The molecule has 108 valence electrons. The van der Waals surface area contributed by atoms with Gasteiger partial charge in [0.1, 0.15) is 5.75 Å². The van der Waals surface area contributed by atoms with E-state index in [1.165, 1.54) is 44.9 Å². The first-order chi connectivity index (χ1) is 9.81. The summed E-state index contributed by atoms with van der Waals surface area (Å²) in [5.74, 6) is 0.674. The van der Waals surface area contributed by atoms with Crippen LogP contribution in [0.1, 0.15) is 44.9 Å². The summed E-state index contributed by atoms with van der Waals surface area (Å²) in [6, 6.07) is 6.49. The van der Waals surface area contributed by atoms with E-state index in [2.05, 4.69) is 10.6 Å². The van der Waals surface area contributed by atoms with E-state index < -0.39 is 0 Å². The molecule has 1 aliphatic carbocycles. The highest BCUT2D eigenvalue weighted by Crippen LogP contribution is 2.31. The quantitative estimate of drug-likeness (QED) is 0.867. The summed E-state index contributed by atoms with van der Waals surface area (Å²) in [5, 5.41) is 6.46. The lowest BCUT2D eigenvalue weighted by molar-refractivity contribution is -0.118. The molecule has 2 N–H and O–H groups in total. The van der Waals surface area contributed by atoms with Gasteiger partial charge in [0, 0.05) is 11.7 Å². The molecule has 0 saturated heterocycles. The van der Waals surface area contributed by atoms with E-state index in [1.807, 2.05) is 18.2 Å². The van der Waals surface area contributed by atoms with Gasteiger partial charge in [-0.25, -0.2) is 0 Å². The number of fused-ring (bicyclic) bond motifs is 1. The predicted octanol–water partition coefficient (Wildman–Crippen LogP) is 3.54. The van der Waals surface area contributed by atoms with E-state index in [-0.39, 0.29) is 12.5 Å². The third-order valence-electron chi connectivity index (χ3n) is 4.09. The van der Waals surface area contributed by atoms with Gasteiger partial charge in [-0.05, 0) is 31.0 Å². The lowest BCUT2D eigenvalue weighted by atomic mass is 9.96. The number of amides is 1. The van der Waals surface area contributed by atoms with Crippen molar-refractivity contribution < 1.29 is 9.53 Å². The molecule has 3 rings (SSSR count). The molecule has 0 aromatic heterocycles. The molecule has 0 atom stereocenters. The van der Waals surface area contributed by atoms with Crippen LogP contribution in [0.2, 0.25) is 0 Å². The molecule has 20 heavy (non-hydrogen) atoms. The largest absolute Gasteiger partial charge is 0.482 e. The zero-order valence-corrected chi connectivity index (χ0v) is 11.8. The van der Waals surface area contributed by atoms with Crippen LogP contribution in [0.4, 0.5) is 11.4 Å². The smallest absolute Gasteiger partial charge is 0.262 e. The van der Waals surface area contributed by atoms with Crippen molar-refractivity contribution in [3.8, 4) is 5.75 Å². The van der Waals surface area contributed by atoms with Crippen LogP contribution in [0.3, 0.4) is 0 Å². The second kappa shape index (κ2) is 6.16. The van der Waals surface area contributed by atoms with Gasteiger partial charge in [0.15, 0.2) is 6.61 Å². The SMILES string of the molecule is O=C1COc2ccc(NC3CCCCCCC3)cc2N1. The lowest BCUT2D eigenvalue weighted by Crippen LogP contribution is -2.26. The molecule has 4 nitrogen and oxygen atoms in total. The van der Waals surface area contributed by atoms with Crippen molar-refractivity contribution in [3.05, 3.63) is 18.2 Å². The van der Waals surface area contributed by atoms with Crippen LogP contribution in [0.25, 0.3) is 0 Å². The van der Waals surface area contributed by atoms with Gasteiger partial charge in [0.25, 0.3) is 5.91 Å². The molecule has 0 spiro atoms. The number of hydrogen-bond acceptors (Lipinski definition) is 3. The first-order valence-corrected chi connectivity index (χ1v) is 7.64. The topological polar surface area (TPSA) is 50.4 Å². The Morgan fingerprint density at radius 3 is 2.65 bits per heavy atom. The molecular weight excluding hydrogens is 252 g/mol. The second-order valence-corrected chi connectivity index (χ2v) is 5.73. The minimum atomic E-state index is -0.0828. The van der Waals surface area contributed by atoms with Crippen LogP contribution < -0.4 is 15.4 Å². The van der Waals surface area contributed by atoms with E-state index in [0.717, 1.165) is 17.1 Å². The van der Waals surface area contributed by atoms with Gasteiger partial charge in [0.05, 0.1) is 5.69 Å². The van der Waals surface area contributed by atoms with Crippen molar-refractivity contribution in [2.75, 3.05) is 17.2 Å². The number of anilines is 2. The number of benzene rings is 1. The van der Waals surface area contributed by atoms with E-state index in [4.69, 9.17) is 4.74 Å². The third kappa shape index (κ3) is 3.24. The highest BCUT2D eigenvalue weighted by atomic mass is 16.5. The van der Waals surface area contributed by atoms with Crippen LogP contribution in [0.5, 0.6) is 5.75 Å². The molecule has 0 unspecified atom stereocenters. The fraction of sp³-hybridized carbons (Fsp3) is 0.562. The number of hydrogen-bond donors (Lipinski definition) is 2. The lowest BCUT2D eigenvalue weighted by Gasteiger charge is -2.24. The number of carbonyl (C=O) groups is 1. The number of nitrogens with one attached hydrogen (secondary N) is 2. The Morgan fingerprint density at radius 1 is 1.10 bits per heavy atom. The van der Waals surface area contributed by atoms with E-state index >= 15 is 0 Å². The van der Waals surface area contributed by atoms with Gasteiger partial charge >= 0.3 is 0 Å². The van der Waals surface area contributed by atoms with Gasteiger partial charge < -0.3 is 15.4 Å². The molecule has 1 amide bonds. The van der Waals surface area contributed by atoms with Crippen molar-refractivity contribution in [2.24, 2.45) is 0 Å². The highest BCUT2D eigenvalue weighted by molar-refractivity contribution is 5.96. The fourth-order valence-electron chi connectivity index (χ4n) is 3.01. The summed E-state index contributed by atoms with van der Waals surface area (Å²) in [5.41, 5.74) is 1.84. The Kier molecular flexibility index (Phi) is 4.09. The first kappa shape index (κ1) is 13.3. The Bertz CT molecular complexity index is 479. The normalized spacial score (nSPS) is 20.1. The average Bonchev–Trinajstić information content (AvgIpc) is 2.41. The molecule has 1 aliphatic heterocycles. The molecule has 1 aromatic carbocycles. The van der Waals surface area contributed by atoms with Crippen LogP contribution in [-0.4, -0.2) is 18.6 Å². The number of rotatable bonds is 2. The van der Waals surface area contributed by atoms with Gasteiger partial charge in [-0.1, -0.05) is 32.1 Å². The van der Waals surface area contributed by atoms with Crippen molar-refractivity contribution in [2.45, 2.75) is 51.0 Å². The summed E-state index contributed by atoms with van der Waals surface area (Å²) in [6.07, 6.45) is 9.18. The minimum absolute atomic E-state index is 0.0828. The maximum Gasteiger partial charge on any atom is 0.262 e. The first-order valence-electron chi connectivity index (χ1n) is 7.64. The predicted molar refractivity (Wildman–Crippen MR) is 80.3 cm³/mol. The minimum Gasteiger partial charge on any atom is -0.482 e. The summed E-state index contributed by atoms with van der Waals surface area (Å²) in [6.45, 7) is 0.113. The standard InChI is InChI=1S/C16H22N2O2/c19-16-11-20-15-9-8-13(10-14(15)18-16)17-12-6-4-2-1-3-5-7-12/h8-10,12,17H,1-7,11H2,(H,18,19). The molecular formula is C16H22N2O2. The Labute approximate surface area is 119 Å². The molecule has 0 bridgehead atoms. The zero-order chi connectivity index (χ0) is 13.8. The van der Waals surface area contributed by atoms with Crippen molar-refractivity contribution in [3.63, 3.8) is 0 Å².